The van der Waals surface area contributed by atoms with E-state index in [4.69, 9.17) is 0 Å². The van der Waals surface area contributed by atoms with E-state index < -0.39 is 0 Å². The van der Waals surface area contributed by atoms with Crippen LogP contribution in [0.25, 0.3) is 0 Å². The molecule has 0 saturated carbocycles. The summed E-state index contributed by atoms with van der Waals surface area (Å²) in [6.45, 7) is 6.57. The first-order valence-corrected chi connectivity index (χ1v) is 5.65. The van der Waals surface area contributed by atoms with E-state index in [-0.39, 0.29) is 11.8 Å². The van der Waals surface area contributed by atoms with Crippen molar-refractivity contribution in [3.8, 4) is 0 Å². The highest BCUT2D eigenvalue weighted by Crippen LogP contribution is 2.11. The Labute approximate surface area is 91.0 Å². The number of hydrogen-bond acceptors (Lipinski definition) is 3. The number of ketones is 1. The van der Waals surface area contributed by atoms with Gasteiger partial charge in [0.25, 0.3) is 0 Å². The molecule has 1 saturated heterocycles. The average Bonchev–Trinajstić information content (AvgIpc) is 2.20. The third kappa shape index (κ3) is 4.00. The van der Waals surface area contributed by atoms with E-state index >= 15 is 0 Å². The Balaban J connectivity index is 2.27. The summed E-state index contributed by atoms with van der Waals surface area (Å²) < 4.78 is 0. The molecule has 0 radical (unpaired) electrons. The smallest absolute Gasteiger partial charge is 0.234 e. The van der Waals surface area contributed by atoms with Crippen LogP contribution in [0.4, 0.5) is 0 Å². The Morgan fingerprint density at radius 3 is 2.93 bits per heavy atom. The third-order valence-corrected chi connectivity index (χ3v) is 2.70. The van der Waals surface area contributed by atoms with Crippen molar-refractivity contribution in [2.45, 2.75) is 26.7 Å². The summed E-state index contributed by atoms with van der Waals surface area (Å²) in [5.74, 6) is 0.469. The summed E-state index contributed by atoms with van der Waals surface area (Å²) in [4.78, 5) is 24.7. The molecule has 1 fully saturated rings. The molecule has 1 unspecified atom stereocenters. The molecule has 1 aliphatic rings. The number of nitrogens with one attached hydrogen (secondary N) is 1. The number of Topliss-reactive ketones (excluding diaryl/α,β-unsaturated/α-hetero) is 1. The molecule has 1 heterocycles. The zero-order chi connectivity index (χ0) is 11.3. The maximum absolute atomic E-state index is 11.4. The van der Waals surface area contributed by atoms with Gasteiger partial charge in [-0.1, -0.05) is 13.8 Å². The van der Waals surface area contributed by atoms with E-state index in [9.17, 15) is 9.59 Å². The Morgan fingerprint density at radius 2 is 2.33 bits per heavy atom. The second kappa shape index (κ2) is 5.85. The highest BCUT2D eigenvalue weighted by molar-refractivity contribution is 5.82. The largest absolute Gasteiger partial charge is 0.355 e. The maximum Gasteiger partial charge on any atom is 0.234 e. The molecule has 1 rings (SSSR count). The molecule has 15 heavy (non-hydrogen) atoms. The van der Waals surface area contributed by atoms with Gasteiger partial charge in [0.05, 0.1) is 6.54 Å². The number of carbonyl (C=O) groups excluding carboxylic acids is 2. The van der Waals surface area contributed by atoms with E-state index in [1.807, 2.05) is 13.8 Å². The van der Waals surface area contributed by atoms with Gasteiger partial charge in [0.1, 0.15) is 5.78 Å². The van der Waals surface area contributed by atoms with Gasteiger partial charge in [-0.3, -0.25) is 14.5 Å². The molecule has 1 N–H and O–H groups in total. The standard InChI is InChI=1S/C11H20N2O2/c1-3-5-12-11(15)8-13-6-4-10(14)9(2)7-13/h9H,3-8H2,1-2H3,(H,12,15). The first-order valence-electron chi connectivity index (χ1n) is 5.65. The molecule has 86 valence electrons. The van der Waals surface area contributed by atoms with Gasteiger partial charge in [-0.15, -0.1) is 0 Å². The minimum absolute atomic E-state index is 0.0680. The third-order valence-electron chi connectivity index (χ3n) is 2.70. The van der Waals surface area contributed by atoms with E-state index in [1.165, 1.54) is 0 Å². The van der Waals surface area contributed by atoms with Crippen molar-refractivity contribution in [1.29, 1.82) is 0 Å². The van der Waals surface area contributed by atoms with Gasteiger partial charge < -0.3 is 5.32 Å². The van der Waals surface area contributed by atoms with Gasteiger partial charge in [-0.05, 0) is 6.42 Å². The quantitative estimate of drug-likeness (QED) is 0.735. The molecule has 1 aliphatic heterocycles. The van der Waals surface area contributed by atoms with Gasteiger partial charge in [-0.2, -0.15) is 0 Å². The SMILES string of the molecule is CCCNC(=O)CN1CCC(=O)C(C)C1. The summed E-state index contributed by atoms with van der Waals surface area (Å²) in [7, 11) is 0. The Kier molecular flexibility index (Phi) is 4.75. The van der Waals surface area contributed by atoms with Crippen molar-refractivity contribution in [3.63, 3.8) is 0 Å². The van der Waals surface area contributed by atoms with Crippen LogP contribution in [0.5, 0.6) is 0 Å². The second-order valence-corrected chi connectivity index (χ2v) is 4.20. The van der Waals surface area contributed by atoms with Crippen LogP contribution in [0.3, 0.4) is 0 Å². The lowest BCUT2D eigenvalue weighted by molar-refractivity contribution is -0.129. The summed E-state index contributed by atoms with van der Waals surface area (Å²) in [5.41, 5.74) is 0. The monoisotopic (exact) mass is 212 g/mol. The minimum Gasteiger partial charge on any atom is -0.355 e. The fraction of sp³-hybridized carbons (Fsp3) is 0.818. The first kappa shape index (κ1) is 12.2. The van der Waals surface area contributed by atoms with Crippen LogP contribution in [0.1, 0.15) is 26.7 Å². The van der Waals surface area contributed by atoms with E-state index in [0.29, 0.717) is 18.7 Å². The summed E-state index contributed by atoms with van der Waals surface area (Å²) in [5, 5.41) is 2.84. The van der Waals surface area contributed by atoms with Crippen LogP contribution < -0.4 is 5.32 Å². The zero-order valence-electron chi connectivity index (χ0n) is 9.58. The van der Waals surface area contributed by atoms with Crippen molar-refractivity contribution in [2.24, 2.45) is 5.92 Å². The van der Waals surface area contributed by atoms with Gasteiger partial charge >= 0.3 is 0 Å². The number of rotatable bonds is 4. The van der Waals surface area contributed by atoms with Crippen molar-refractivity contribution >= 4 is 11.7 Å². The number of likely N-dealkylation sites (tertiary alicyclic amines) is 1. The number of piperidine rings is 1. The number of amides is 1. The lowest BCUT2D eigenvalue weighted by atomic mass is 9.99. The van der Waals surface area contributed by atoms with Crippen LogP contribution in [0.15, 0.2) is 0 Å². The molecule has 4 nitrogen and oxygen atoms in total. The number of nitrogens with zero attached hydrogens (tertiary/aromatic N) is 1. The lowest BCUT2D eigenvalue weighted by Gasteiger charge is -2.29. The number of hydrogen-bond donors (Lipinski definition) is 1. The number of carbonyl (C=O) groups is 2. The zero-order valence-corrected chi connectivity index (χ0v) is 9.58. The molecular formula is C11H20N2O2. The topological polar surface area (TPSA) is 49.4 Å². The molecule has 4 heteroatoms. The van der Waals surface area contributed by atoms with Gasteiger partial charge in [-0.25, -0.2) is 0 Å². The van der Waals surface area contributed by atoms with Crippen LogP contribution in [0.2, 0.25) is 0 Å². The molecule has 0 aliphatic carbocycles. The van der Waals surface area contributed by atoms with Crippen molar-refractivity contribution in [1.82, 2.24) is 10.2 Å². The van der Waals surface area contributed by atoms with Gasteiger partial charge in [0.2, 0.25) is 5.91 Å². The Morgan fingerprint density at radius 1 is 1.60 bits per heavy atom. The van der Waals surface area contributed by atoms with Crippen LogP contribution in [-0.4, -0.2) is 42.8 Å². The second-order valence-electron chi connectivity index (χ2n) is 4.20. The summed E-state index contributed by atoms with van der Waals surface area (Å²) in [6, 6.07) is 0. The molecule has 0 aromatic heterocycles. The fourth-order valence-corrected chi connectivity index (χ4v) is 1.76. The predicted octanol–water partition coefficient (Wildman–Crippen LogP) is 0.424. The maximum atomic E-state index is 11.4. The fourth-order valence-electron chi connectivity index (χ4n) is 1.76. The molecule has 0 spiro atoms. The molecule has 0 aromatic rings. The molecule has 1 atom stereocenters. The van der Waals surface area contributed by atoms with Crippen LogP contribution >= 0.6 is 0 Å². The molecule has 0 aromatic carbocycles. The van der Waals surface area contributed by atoms with Crippen LogP contribution in [-0.2, 0) is 9.59 Å². The minimum atomic E-state index is 0.0680. The molecule has 0 bridgehead atoms. The van der Waals surface area contributed by atoms with Crippen LogP contribution in [0, 0.1) is 5.92 Å². The van der Waals surface area contributed by atoms with E-state index in [2.05, 4.69) is 10.2 Å². The summed E-state index contributed by atoms with van der Waals surface area (Å²) in [6.07, 6.45) is 1.54. The summed E-state index contributed by atoms with van der Waals surface area (Å²) >= 11 is 0. The average molecular weight is 212 g/mol. The van der Waals surface area contributed by atoms with E-state index in [0.717, 1.165) is 26.1 Å². The van der Waals surface area contributed by atoms with E-state index in [1.54, 1.807) is 0 Å². The lowest BCUT2D eigenvalue weighted by Crippen LogP contribution is -2.45. The van der Waals surface area contributed by atoms with Gasteiger partial charge in [0.15, 0.2) is 0 Å². The first-order chi connectivity index (χ1) is 7.13. The van der Waals surface area contributed by atoms with Crippen molar-refractivity contribution < 1.29 is 9.59 Å². The molecular weight excluding hydrogens is 192 g/mol. The Bertz CT molecular complexity index is 241. The highest BCUT2D eigenvalue weighted by atomic mass is 16.2. The van der Waals surface area contributed by atoms with Crippen molar-refractivity contribution in [2.75, 3.05) is 26.2 Å². The highest BCUT2D eigenvalue weighted by Gasteiger charge is 2.24. The molecule has 1 amide bonds. The Hall–Kier alpha value is -0.900. The van der Waals surface area contributed by atoms with Crippen molar-refractivity contribution in [3.05, 3.63) is 0 Å². The normalized spacial score (nSPS) is 22.8. The predicted molar refractivity (Wildman–Crippen MR) is 58.5 cm³/mol. The van der Waals surface area contributed by atoms with Gasteiger partial charge in [0, 0.05) is 32.0 Å².